The second-order valence-corrected chi connectivity index (χ2v) is 6.60. The van der Waals surface area contributed by atoms with Crippen LogP contribution in [0.3, 0.4) is 0 Å². The van der Waals surface area contributed by atoms with Crippen LogP contribution in [0.2, 0.25) is 0 Å². The number of nitrogens with one attached hydrogen (secondary N) is 1. The summed E-state index contributed by atoms with van der Waals surface area (Å²) >= 11 is 0. The monoisotopic (exact) mass is 322 g/mol. The summed E-state index contributed by atoms with van der Waals surface area (Å²) in [5.41, 5.74) is 5.37. The predicted octanol–water partition coefficient (Wildman–Crippen LogP) is 0.911. The summed E-state index contributed by atoms with van der Waals surface area (Å²) < 4.78 is 30.8. The molecule has 20 heavy (non-hydrogen) atoms. The predicted molar refractivity (Wildman–Crippen MR) is 78.5 cm³/mol. The van der Waals surface area contributed by atoms with Crippen molar-refractivity contribution in [2.75, 3.05) is 13.7 Å². The molecule has 0 aliphatic heterocycles. The minimum atomic E-state index is -3.62. The zero-order valence-electron chi connectivity index (χ0n) is 11.5. The van der Waals surface area contributed by atoms with E-state index in [0.29, 0.717) is 5.56 Å². The Morgan fingerprint density at radius 1 is 1.30 bits per heavy atom. The molecule has 0 aromatic heterocycles. The number of ether oxygens (including phenoxy) is 1. The van der Waals surface area contributed by atoms with Crippen molar-refractivity contribution in [3.8, 4) is 0 Å². The first-order valence-electron chi connectivity index (χ1n) is 5.63. The minimum Gasteiger partial charge on any atom is -0.465 e. The highest BCUT2D eigenvalue weighted by atomic mass is 35.5. The van der Waals surface area contributed by atoms with Crippen molar-refractivity contribution < 1.29 is 17.9 Å². The van der Waals surface area contributed by atoms with Crippen LogP contribution in [0.25, 0.3) is 0 Å². The molecule has 1 aromatic rings. The summed E-state index contributed by atoms with van der Waals surface area (Å²) in [5.74, 6) is -0.514. The third-order valence-corrected chi connectivity index (χ3v) is 3.72. The highest BCUT2D eigenvalue weighted by Gasteiger charge is 2.19. The highest BCUT2D eigenvalue weighted by Crippen LogP contribution is 2.11. The number of carbonyl (C=O) groups is 1. The molecule has 0 spiro atoms. The summed E-state index contributed by atoms with van der Waals surface area (Å²) in [6.07, 6.45) is 0. The van der Waals surface area contributed by atoms with Gasteiger partial charge in [0.15, 0.2) is 0 Å². The second-order valence-electron chi connectivity index (χ2n) is 4.83. The van der Waals surface area contributed by atoms with E-state index >= 15 is 0 Å². The van der Waals surface area contributed by atoms with Crippen LogP contribution in [-0.2, 0) is 14.8 Å². The molecule has 0 unspecified atom stereocenters. The van der Waals surface area contributed by atoms with Crippen LogP contribution >= 0.6 is 12.4 Å². The summed E-state index contributed by atoms with van der Waals surface area (Å²) in [4.78, 5) is 11.3. The van der Waals surface area contributed by atoms with Gasteiger partial charge in [-0.3, -0.25) is 0 Å². The van der Waals surface area contributed by atoms with Crippen LogP contribution in [0, 0.1) is 0 Å². The zero-order chi connectivity index (χ0) is 14.7. The van der Waals surface area contributed by atoms with Gasteiger partial charge in [-0.05, 0) is 38.1 Å². The van der Waals surface area contributed by atoms with Gasteiger partial charge < -0.3 is 10.5 Å². The van der Waals surface area contributed by atoms with Crippen LogP contribution in [0.4, 0.5) is 0 Å². The number of hydrogen-bond acceptors (Lipinski definition) is 5. The molecule has 0 radical (unpaired) electrons. The second kappa shape index (κ2) is 7.03. The number of esters is 1. The molecule has 114 valence electrons. The molecule has 0 saturated heterocycles. The lowest BCUT2D eigenvalue weighted by atomic mass is 10.1. The minimum absolute atomic E-state index is 0. The van der Waals surface area contributed by atoms with Crippen LogP contribution in [-0.4, -0.2) is 33.6 Å². The standard InChI is InChI=1S/C12H18N2O4S.ClH/c1-12(2,13)8-14-19(16,17)10-6-4-9(5-7-10)11(15)18-3;/h4-7,14H,8,13H2,1-3H3;1H. The van der Waals surface area contributed by atoms with E-state index in [-0.39, 0.29) is 23.8 Å². The van der Waals surface area contributed by atoms with Crippen molar-refractivity contribution >= 4 is 28.4 Å². The Morgan fingerprint density at radius 3 is 2.20 bits per heavy atom. The maximum Gasteiger partial charge on any atom is 0.337 e. The van der Waals surface area contributed by atoms with Crippen LogP contribution in [0.1, 0.15) is 24.2 Å². The molecule has 0 saturated carbocycles. The van der Waals surface area contributed by atoms with Crippen LogP contribution < -0.4 is 10.5 Å². The number of sulfonamides is 1. The van der Waals surface area contributed by atoms with Gasteiger partial charge in [-0.2, -0.15) is 0 Å². The van der Waals surface area contributed by atoms with E-state index in [1.165, 1.54) is 31.4 Å². The Bertz CT molecular complexity index is 550. The number of rotatable bonds is 5. The summed E-state index contributed by atoms with van der Waals surface area (Å²) in [7, 11) is -2.36. The van der Waals surface area contributed by atoms with Crippen molar-refractivity contribution in [1.82, 2.24) is 4.72 Å². The average Bonchev–Trinajstić information content (AvgIpc) is 2.35. The number of nitrogens with two attached hydrogens (primary N) is 1. The fraction of sp³-hybridized carbons (Fsp3) is 0.417. The Balaban J connectivity index is 0.00000361. The molecule has 0 heterocycles. The molecular weight excluding hydrogens is 304 g/mol. The van der Waals surface area contributed by atoms with Crippen LogP contribution in [0.15, 0.2) is 29.2 Å². The topological polar surface area (TPSA) is 98.5 Å². The van der Waals surface area contributed by atoms with E-state index in [4.69, 9.17) is 5.73 Å². The van der Waals surface area contributed by atoms with Gasteiger partial charge in [-0.1, -0.05) is 0 Å². The summed E-state index contributed by atoms with van der Waals surface area (Å²) in [6.45, 7) is 3.56. The molecule has 0 aliphatic rings. The Kier molecular flexibility index (Phi) is 6.63. The lowest BCUT2D eigenvalue weighted by Gasteiger charge is -2.18. The third-order valence-electron chi connectivity index (χ3n) is 2.30. The molecule has 0 bridgehead atoms. The van der Waals surface area contributed by atoms with Gasteiger partial charge in [0.25, 0.3) is 0 Å². The van der Waals surface area contributed by atoms with Gasteiger partial charge in [0, 0.05) is 12.1 Å². The molecule has 0 amide bonds. The molecule has 8 heteroatoms. The molecule has 1 rings (SSSR count). The number of hydrogen-bond donors (Lipinski definition) is 2. The highest BCUT2D eigenvalue weighted by molar-refractivity contribution is 7.89. The van der Waals surface area contributed by atoms with E-state index in [9.17, 15) is 13.2 Å². The van der Waals surface area contributed by atoms with Crippen LogP contribution in [0.5, 0.6) is 0 Å². The van der Waals surface area contributed by atoms with E-state index < -0.39 is 21.5 Å². The van der Waals surface area contributed by atoms with E-state index in [1.807, 2.05) is 0 Å². The lowest BCUT2D eigenvalue weighted by molar-refractivity contribution is 0.0600. The smallest absolute Gasteiger partial charge is 0.337 e. The number of benzene rings is 1. The SMILES string of the molecule is COC(=O)c1ccc(S(=O)(=O)NCC(C)(C)N)cc1.Cl. The number of methoxy groups -OCH3 is 1. The van der Waals surface area contributed by atoms with E-state index in [0.717, 1.165) is 0 Å². The molecule has 1 aromatic carbocycles. The Hall–Kier alpha value is -1.15. The summed E-state index contributed by atoms with van der Waals surface area (Å²) in [5, 5.41) is 0. The first kappa shape index (κ1) is 18.9. The lowest BCUT2D eigenvalue weighted by Crippen LogP contribution is -2.45. The molecule has 6 nitrogen and oxygen atoms in total. The number of halogens is 1. The van der Waals surface area contributed by atoms with Gasteiger partial charge in [0.05, 0.1) is 17.6 Å². The molecule has 0 fully saturated rings. The van der Waals surface area contributed by atoms with E-state index in [2.05, 4.69) is 9.46 Å². The Labute approximate surface area is 125 Å². The van der Waals surface area contributed by atoms with Crippen molar-refractivity contribution in [3.05, 3.63) is 29.8 Å². The normalized spacial score (nSPS) is 11.6. The van der Waals surface area contributed by atoms with Crippen molar-refractivity contribution in [2.24, 2.45) is 5.73 Å². The molecule has 3 N–H and O–H groups in total. The third kappa shape index (κ3) is 5.46. The van der Waals surface area contributed by atoms with Gasteiger partial charge in [-0.25, -0.2) is 17.9 Å². The van der Waals surface area contributed by atoms with E-state index in [1.54, 1.807) is 13.8 Å². The Morgan fingerprint density at radius 2 is 1.80 bits per heavy atom. The van der Waals surface area contributed by atoms with Gasteiger partial charge >= 0.3 is 5.97 Å². The van der Waals surface area contributed by atoms with Crippen molar-refractivity contribution in [3.63, 3.8) is 0 Å². The first-order chi connectivity index (χ1) is 8.65. The molecule has 0 atom stereocenters. The largest absolute Gasteiger partial charge is 0.465 e. The number of carbonyl (C=O) groups excluding carboxylic acids is 1. The van der Waals surface area contributed by atoms with Gasteiger partial charge in [0.2, 0.25) is 10.0 Å². The molecule has 0 aliphatic carbocycles. The zero-order valence-corrected chi connectivity index (χ0v) is 13.2. The maximum atomic E-state index is 11.9. The maximum absolute atomic E-state index is 11.9. The fourth-order valence-corrected chi connectivity index (χ4v) is 2.48. The average molecular weight is 323 g/mol. The fourth-order valence-electron chi connectivity index (χ4n) is 1.25. The molecular formula is C12H19ClN2O4S. The van der Waals surface area contributed by atoms with Crippen molar-refractivity contribution in [1.29, 1.82) is 0 Å². The van der Waals surface area contributed by atoms with Gasteiger partial charge in [-0.15, -0.1) is 12.4 Å². The van der Waals surface area contributed by atoms with Crippen molar-refractivity contribution in [2.45, 2.75) is 24.3 Å². The summed E-state index contributed by atoms with van der Waals surface area (Å²) in [6, 6.07) is 5.48. The quantitative estimate of drug-likeness (QED) is 0.785. The first-order valence-corrected chi connectivity index (χ1v) is 7.11. The van der Waals surface area contributed by atoms with Gasteiger partial charge in [0.1, 0.15) is 0 Å².